The first-order chi connectivity index (χ1) is 6.70. The molecule has 7 heteroatoms. The average Bonchev–Trinajstić information content (AvgIpc) is 2.12. The van der Waals surface area contributed by atoms with Crippen LogP contribution in [0, 0.1) is 0 Å². The molecule has 0 unspecified atom stereocenters. The Morgan fingerprint density at radius 2 is 2.00 bits per heavy atom. The molecule has 0 aromatic carbocycles. The van der Waals surface area contributed by atoms with Gasteiger partial charge in [-0.15, -0.1) is 12.4 Å². The maximum absolute atomic E-state index is 5.23. The zero-order valence-corrected chi connectivity index (χ0v) is 10.0. The van der Waals surface area contributed by atoms with E-state index in [2.05, 4.69) is 15.3 Å². The molecule has 6 nitrogen and oxygen atoms in total. The van der Waals surface area contributed by atoms with E-state index in [0.717, 1.165) is 6.54 Å². The van der Waals surface area contributed by atoms with Crippen LogP contribution in [0.1, 0.15) is 13.8 Å². The van der Waals surface area contributed by atoms with Crippen LogP contribution in [0.5, 0.6) is 0 Å². The van der Waals surface area contributed by atoms with Crippen molar-refractivity contribution in [3.8, 4) is 0 Å². The summed E-state index contributed by atoms with van der Waals surface area (Å²) in [6.07, 6.45) is 0. The van der Waals surface area contributed by atoms with Gasteiger partial charge < -0.3 is 21.5 Å². The van der Waals surface area contributed by atoms with Gasteiger partial charge in [0.15, 0.2) is 5.96 Å². The molecule has 0 aromatic rings. The van der Waals surface area contributed by atoms with Crippen LogP contribution in [-0.4, -0.2) is 38.2 Å². The number of aliphatic imine (C=N–C) groups is 2. The predicted octanol–water partition coefficient (Wildman–Crippen LogP) is -0.316. The number of rotatable bonds is 5. The lowest BCUT2D eigenvalue weighted by molar-refractivity contribution is 0.155. The Morgan fingerprint density at radius 1 is 1.33 bits per heavy atom. The van der Waals surface area contributed by atoms with Crippen molar-refractivity contribution in [1.82, 2.24) is 5.32 Å². The third-order valence-corrected chi connectivity index (χ3v) is 1.27. The molecular formula is C8H20ClN5O. The predicted molar refractivity (Wildman–Crippen MR) is 65.5 cm³/mol. The highest BCUT2D eigenvalue weighted by Crippen LogP contribution is 1.80. The minimum Gasteiger partial charge on any atom is -0.380 e. The first kappa shape index (κ1) is 16.4. The Hall–Kier alpha value is -1.01. The zero-order valence-electron chi connectivity index (χ0n) is 9.19. The third kappa shape index (κ3) is 10.9. The van der Waals surface area contributed by atoms with Crippen LogP contribution in [-0.2, 0) is 4.74 Å². The van der Waals surface area contributed by atoms with E-state index in [4.69, 9.17) is 16.2 Å². The molecule has 0 bridgehead atoms. The van der Waals surface area contributed by atoms with E-state index in [9.17, 15) is 0 Å². The van der Waals surface area contributed by atoms with Crippen molar-refractivity contribution in [2.24, 2.45) is 21.5 Å². The van der Waals surface area contributed by atoms with Crippen LogP contribution >= 0.6 is 12.4 Å². The van der Waals surface area contributed by atoms with Crippen molar-refractivity contribution in [3.63, 3.8) is 0 Å². The fourth-order valence-corrected chi connectivity index (χ4v) is 0.772. The quantitative estimate of drug-likeness (QED) is 0.347. The summed E-state index contributed by atoms with van der Waals surface area (Å²) < 4.78 is 5.12. The van der Waals surface area contributed by atoms with Gasteiger partial charge in [-0.3, -0.25) is 0 Å². The van der Waals surface area contributed by atoms with Crippen LogP contribution in [0.4, 0.5) is 0 Å². The number of halogens is 1. The van der Waals surface area contributed by atoms with Crippen LogP contribution in [0.2, 0.25) is 0 Å². The molecule has 0 atom stereocenters. The van der Waals surface area contributed by atoms with E-state index in [1.54, 1.807) is 0 Å². The Morgan fingerprint density at radius 3 is 2.47 bits per heavy atom. The molecule has 0 fully saturated rings. The maximum atomic E-state index is 5.23. The van der Waals surface area contributed by atoms with Gasteiger partial charge in [-0.1, -0.05) is 0 Å². The normalized spacial score (nSPS) is 10.4. The number of nitrogens with two attached hydrogens (primary N) is 2. The lowest BCUT2D eigenvalue weighted by atomic mass is 10.6. The summed E-state index contributed by atoms with van der Waals surface area (Å²) in [6.45, 7) is 6.42. The molecule has 0 heterocycles. The molecule has 90 valence electrons. The summed E-state index contributed by atoms with van der Waals surface area (Å²) in [7, 11) is 0. The lowest BCUT2D eigenvalue weighted by Gasteiger charge is -2.03. The van der Waals surface area contributed by atoms with Crippen molar-refractivity contribution in [2.45, 2.75) is 13.8 Å². The molecule has 0 saturated heterocycles. The third-order valence-electron chi connectivity index (χ3n) is 1.27. The number of hydrogen-bond donors (Lipinski definition) is 3. The monoisotopic (exact) mass is 237 g/mol. The van der Waals surface area contributed by atoms with Gasteiger partial charge in [0.25, 0.3) is 0 Å². The Labute approximate surface area is 96.6 Å². The maximum Gasteiger partial charge on any atom is 0.221 e. The standard InChI is InChI=1S/C8H19N5O.ClH/c1-3-11-8(13-7(9)10)12-5-6-14-4-2;/h3-6H2,1-2H3,(H5,9,10,11,12,13);1H. The molecule has 0 aliphatic carbocycles. The Kier molecular flexibility index (Phi) is 12.1. The van der Waals surface area contributed by atoms with Gasteiger partial charge >= 0.3 is 0 Å². The van der Waals surface area contributed by atoms with Gasteiger partial charge in [0.2, 0.25) is 5.96 Å². The highest BCUT2D eigenvalue weighted by Gasteiger charge is 1.93. The molecule has 0 radical (unpaired) electrons. The van der Waals surface area contributed by atoms with E-state index in [1.165, 1.54) is 0 Å². The zero-order chi connectivity index (χ0) is 10.8. The number of nitrogens with one attached hydrogen (secondary N) is 1. The molecular weight excluding hydrogens is 218 g/mol. The second-order valence-corrected chi connectivity index (χ2v) is 2.47. The number of ether oxygens (including phenoxy) is 1. The van der Waals surface area contributed by atoms with Gasteiger partial charge in [0, 0.05) is 13.2 Å². The smallest absolute Gasteiger partial charge is 0.221 e. The highest BCUT2D eigenvalue weighted by atomic mass is 35.5. The molecule has 0 aromatic heterocycles. The molecule has 0 saturated carbocycles. The second-order valence-electron chi connectivity index (χ2n) is 2.47. The lowest BCUT2D eigenvalue weighted by Crippen LogP contribution is -2.29. The number of hydrogen-bond acceptors (Lipinski definition) is 2. The first-order valence-corrected chi connectivity index (χ1v) is 4.66. The summed E-state index contributed by atoms with van der Waals surface area (Å²) in [4.78, 5) is 7.94. The summed E-state index contributed by atoms with van der Waals surface area (Å²) in [5, 5.41) is 2.94. The fraction of sp³-hybridized carbons (Fsp3) is 0.750. The molecule has 15 heavy (non-hydrogen) atoms. The van der Waals surface area contributed by atoms with Gasteiger partial charge in [0.1, 0.15) is 0 Å². The highest BCUT2D eigenvalue weighted by molar-refractivity contribution is 5.93. The summed E-state index contributed by atoms with van der Waals surface area (Å²) >= 11 is 0. The van der Waals surface area contributed by atoms with Crippen molar-refractivity contribution in [2.75, 3.05) is 26.3 Å². The number of guanidine groups is 2. The van der Waals surface area contributed by atoms with Crippen molar-refractivity contribution in [1.29, 1.82) is 0 Å². The van der Waals surface area contributed by atoms with Crippen LogP contribution in [0.25, 0.3) is 0 Å². The fourth-order valence-electron chi connectivity index (χ4n) is 0.772. The van der Waals surface area contributed by atoms with Gasteiger partial charge in [-0.25, -0.2) is 4.99 Å². The van der Waals surface area contributed by atoms with Crippen LogP contribution in [0.15, 0.2) is 9.98 Å². The molecule has 0 spiro atoms. The molecule has 0 amide bonds. The van der Waals surface area contributed by atoms with Gasteiger partial charge in [0.05, 0.1) is 13.2 Å². The van der Waals surface area contributed by atoms with E-state index in [-0.39, 0.29) is 18.4 Å². The largest absolute Gasteiger partial charge is 0.380 e. The average molecular weight is 238 g/mol. The van der Waals surface area contributed by atoms with E-state index < -0.39 is 0 Å². The van der Waals surface area contributed by atoms with Gasteiger partial charge in [-0.05, 0) is 13.8 Å². The molecule has 0 aliphatic heterocycles. The van der Waals surface area contributed by atoms with E-state index >= 15 is 0 Å². The van der Waals surface area contributed by atoms with Crippen LogP contribution < -0.4 is 16.8 Å². The van der Waals surface area contributed by atoms with Crippen molar-refractivity contribution >= 4 is 24.3 Å². The second kappa shape index (κ2) is 11.1. The molecule has 5 N–H and O–H groups in total. The van der Waals surface area contributed by atoms with Gasteiger partial charge in [-0.2, -0.15) is 4.99 Å². The Bertz CT molecular complexity index is 203. The minimum atomic E-state index is 0. The van der Waals surface area contributed by atoms with Crippen molar-refractivity contribution in [3.05, 3.63) is 0 Å². The summed E-state index contributed by atoms with van der Waals surface area (Å²) in [5.41, 5.74) is 10.5. The molecule has 0 aliphatic rings. The van der Waals surface area contributed by atoms with Crippen LogP contribution in [0.3, 0.4) is 0 Å². The van der Waals surface area contributed by atoms with E-state index in [1.807, 2.05) is 13.8 Å². The minimum absolute atomic E-state index is 0. The first-order valence-electron chi connectivity index (χ1n) is 4.66. The molecule has 0 rings (SSSR count). The summed E-state index contributed by atoms with van der Waals surface area (Å²) in [6, 6.07) is 0. The summed E-state index contributed by atoms with van der Waals surface area (Å²) in [5.74, 6) is 0.452. The van der Waals surface area contributed by atoms with Crippen molar-refractivity contribution < 1.29 is 4.74 Å². The van der Waals surface area contributed by atoms with E-state index in [0.29, 0.717) is 25.7 Å². The Balaban J connectivity index is 0. The number of nitrogens with zero attached hydrogens (tertiary/aromatic N) is 2. The topological polar surface area (TPSA) is 98.0 Å². The SMILES string of the molecule is CCNC(N=C(N)N)=NCCOCC.Cl.